The van der Waals surface area contributed by atoms with Gasteiger partial charge in [-0.2, -0.15) is 0 Å². The second-order valence-electron chi connectivity index (χ2n) is 5.35. The monoisotopic (exact) mass is 327 g/mol. The highest BCUT2D eigenvalue weighted by Gasteiger charge is 2.19. The van der Waals surface area contributed by atoms with Crippen LogP contribution in [0.4, 0.5) is 0 Å². The summed E-state index contributed by atoms with van der Waals surface area (Å²) in [6, 6.07) is 8.57. The fourth-order valence-electron chi connectivity index (χ4n) is 2.48. The summed E-state index contributed by atoms with van der Waals surface area (Å²) in [5, 5.41) is 3.52. The van der Waals surface area contributed by atoms with Crippen LogP contribution < -0.4 is 10.1 Å². The Morgan fingerprint density at radius 3 is 2.32 bits per heavy atom. The minimum atomic E-state index is 0.540. The van der Waals surface area contributed by atoms with Gasteiger partial charge in [-0.05, 0) is 56.0 Å². The largest absolute Gasteiger partial charge is 0.494 e. The predicted octanol–water partition coefficient (Wildman–Crippen LogP) is 4.49. The first-order valence-corrected chi connectivity index (χ1v) is 7.95. The number of hydrogen-bond donors (Lipinski definition) is 1. The van der Waals surface area contributed by atoms with E-state index in [0.717, 1.165) is 29.8 Å². The van der Waals surface area contributed by atoms with Crippen molar-refractivity contribution >= 4 is 15.9 Å². The molecule has 19 heavy (non-hydrogen) atoms. The molecule has 1 rings (SSSR count). The van der Waals surface area contributed by atoms with Crippen molar-refractivity contribution < 1.29 is 4.74 Å². The predicted molar refractivity (Wildman–Crippen MR) is 85.7 cm³/mol. The molecule has 2 nitrogen and oxygen atoms in total. The zero-order valence-electron chi connectivity index (χ0n) is 12.4. The van der Waals surface area contributed by atoms with Crippen LogP contribution in [0.25, 0.3) is 0 Å². The Balaban J connectivity index is 2.41. The molecule has 0 saturated carbocycles. The van der Waals surface area contributed by atoms with Gasteiger partial charge in [0.05, 0.1) is 6.61 Å². The molecule has 0 saturated heterocycles. The summed E-state index contributed by atoms with van der Waals surface area (Å²) >= 11 is 3.43. The van der Waals surface area contributed by atoms with Crippen molar-refractivity contribution in [1.82, 2.24) is 5.32 Å². The molecule has 0 radical (unpaired) electrons. The van der Waals surface area contributed by atoms with Crippen molar-refractivity contribution in [3.63, 3.8) is 0 Å². The van der Waals surface area contributed by atoms with E-state index >= 15 is 0 Å². The number of rotatable bonds is 8. The Labute approximate surface area is 126 Å². The molecule has 0 aliphatic heterocycles. The maximum Gasteiger partial charge on any atom is 0.119 e. The van der Waals surface area contributed by atoms with Gasteiger partial charge >= 0.3 is 0 Å². The first-order chi connectivity index (χ1) is 9.04. The van der Waals surface area contributed by atoms with Crippen molar-refractivity contribution in [2.45, 2.75) is 40.2 Å². The van der Waals surface area contributed by atoms with Crippen LogP contribution in [-0.2, 0) is 0 Å². The Bertz CT molecular complexity index is 350. The molecule has 1 aromatic rings. The number of nitrogens with one attached hydrogen (secondary N) is 1. The Hall–Kier alpha value is -0.540. The van der Waals surface area contributed by atoms with Crippen LogP contribution in [0.2, 0.25) is 0 Å². The van der Waals surface area contributed by atoms with Crippen molar-refractivity contribution in [3.05, 3.63) is 28.7 Å². The van der Waals surface area contributed by atoms with E-state index in [-0.39, 0.29) is 0 Å². The Morgan fingerprint density at radius 2 is 1.79 bits per heavy atom. The minimum Gasteiger partial charge on any atom is -0.494 e. The summed E-state index contributed by atoms with van der Waals surface area (Å²) in [7, 11) is 0. The highest BCUT2D eigenvalue weighted by atomic mass is 79.9. The third-order valence-electron chi connectivity index (χ3n) is 3.56. The molecule has 0 aliphatic carbocycles. The van der Waals surface area contributed by atoms with E-state index in [1.54, 1.807) is 0 Å². The normalized spacial score (nSPS) is 14.4. The van der Waals surface area contributed by atoms with Gasteiger partial charge in [0.1, 0.15) is 5.75 Å². The zero-order chi connectivity index (χ0) is 14.3. The standard InChI is InChI=1S/C16H26BrNO/c1-5-18-13(4)16(12(2)3)10-11-19-15-8-6-14(17)7-9-15/h6-9,12-13,16,18H,5,10-11H2,1-4H3. The van der Waals surface area contributed by atoms with Crippen LogP contribution in [0.3, 0.4) is 0 Å². The highest BCUT2D eigenvalue weighted by molar-refractivity contribution is 9.10. The molecule has 2 unspecified atom stereocenters. The quantitative estimate of drug-likeness (QED) is 0.759. The van der Waals surface area contributed by atoms with Crippen LogP contribution in [0.1, 0.15) is 34.1 Å². The van der Waals surface area contributed by atoms with Crippen molar-refractivity contribution in [2.24, 2.45) is 11.8 Å². The molecule has 0 aromatic heterocycles. The van der Waals surface area contributed by atoms with Gasteiger partial charge in [-0.3, -0.25) is 0 Å². The lowest BCUT2D eigenvalue weighted by atomic mass is 9.86. The average Bonchev–Trinajstić information content (AvgIpc) is 2.36. The van der Waals surface area contributed by atoms with Crippen molar-refractivity contribution in [3.8, 4) is 5.75 Å². The first-order valence-electron chi connectivity index (χ1n) is 7.16. The van der Waals surface area contributed by atoms with Crippen molar-refractivity contribution in [2.75, 3.05) is 13.2 Å². The van der Waals surface area contributed by atoms with Gasteiger partial charge in [0.15, 0.2) is 0 Å². The first kappa shape index (κ1) is 16.5. The summed E-state index contributed by atoms with van der Waals surface area (Å²) in [6.07, 6.45) is 1.09. The second-order valence-corrected chi connectivity index (χ2v) is 6.26. The molecule has 0 bridgehead atoms. The third-order valence-corrected chi connectivity index (χ3v) is 4.09. The lowest BCUT2D eigenvalue weighted by Crippen LogP contribution is -2.36. The fraction of sp³-hybridized carbons (Fsp3) is 0.625. The van der Waals surface area contributed by atoms with E-state index in [2.05, 4.69) is 48.9 Å². The molecule has 0 amide bonds. The maximum atomic E-state index is 5.82. The molecular formula is C16H26BrNO. The summed E-state index contributed by atoms with van der Waals surface area (Å²) in [6.45, 7) is 10.8. The molecule has 0 heterocycles. The van der Waals surface area contributed by atoms with Gasteiger partial charge in [0.25, 0.3) is 0 Å². The highest BCUT2D eigenvalue weighted by Crippen LogP contribution is 2.21. The van der Waals surface area contributed by atoms with Crippen LogP contribution >= 0.6 is 15.9 Å². The van der Waals surface area contributed by atoms with Gasteiger partial charge in [0, 0.05) is 10.5 Å². The SMILES string of the molecule is CCNC(C)C(CCOc1ccc(Br)cc1)C(C)C. The van der Waals surface area contributed by atoms with E-state index in [9.17, 15) is 0 Å². The van der Waals surface area contributed by atoms with Crippen molar-refractivity contribution in [1.29, 1.82) is 0 Å². The van der Waals surface area contributed by atoms with E-state index in [1.807, 2.05) is 24.3 Å². The van der Waals surface area contributed by atoms with E-state index in [1.165, 1.54) is 0 Å². The van der Waals surface area contributed by atoms with Gasteiger partial charge in [0.2, 0.25) is 0 Å². The number of halogens is 1. The average molecular weight is 328 g/mol. The molecule has 0 aliphatic rings. The van der Waals surface area contributed by atoms with E-state index < -0.39 is 0 Å². The van der Waals surface area contributed by atoms with E-state index in [4.69, 9.17) is 4.74 Å². The molecular weight excluding hydrogens is 302 g/mol. The van der Waals surface area contributed by atoms with Crippen LogP contribution in [0, 0.1) is 11.8 Å². The summed E-state index contributed by atoms with van der Waals surface area (Å²) in [4.78, 5) is 0. The van der Waals surface area contributed by atoms with Gasteiger partial charge in [-0.25, -0.2) is 0 Å². The van der Waals surface area contributed by atoms with E-state index in [0.29, 0.717) is 17.9 Å². The molecule has 0 spiro atoms. The van der Waals surface area contributed by atoms with Gasteiger partial charge in [-0.1, -0.05) is 36.7 Å². The molecule has 1 aromatic carbocycles. The zero-order valence-corrected chi connectivity index (χ0v) is 14.0. The van der Waals surface area contributed by atoms with Crippen LogP contribution in [0.5, 0.6) is 5.75 Å². The number of benzene rings is 1. The third kappa shape index (κ3) is 5.96. The second kappa shape index (κ2) is 8.60. The van der Waals surface area contributed by atoms with Crippen LogP contribution in [-0.4, -0.2) is 19.2 Å². The summed E-state index contributed by atoms with van der Waals surface area (Å²) in [5.41, 5.74) is 0. The molecule has 108 valence electrons. The summed E-state index contributed by atoms with van der Waals surface area (Å²) < 4.78 is 6.91. The smallest absolute Gasteiger partial charge is 0.119 e. The number of ether oxygens (including phenoxy) is 1. The fourth-order valence-corrected chi connectivity index (χ4v) is 2.74. The Morgan fingerprint density at radius 1 is 1.16 bits per heavy atom. The minimum absolute atomic E-state index is 0.540. The topological polar surface area (TPSA) is 21.3 Å². The van der Waals surface area contributed by atoms with Crippen LogP contribution in [0.15, 0.2) is 28.7 Å². The molecule has 3 heteroatoms. The summed E-state index contributed by atoms with van der Waals surface area (Å²) in [5.74, 6) is 2.26. The Kier molecular flexibility index (Phi) is 7.47. The van der Waals surface area contributed by atoms with Gasteiger partial charge in [-0.15, -0.1) is 0 Å². The molecule has 1 N–H and O–H groups in total. The number of hydrogen-bond acceptors (Lipinski definition) is 2. The lowest BCUT2D eigenvalue weighted by molar-refractivity contribution is 0.214. The molecule has 2 atom stereocenters. The maximum absolute atomic E-state index is 5.82. The lowest BCUT2D eigenvalue weighted by Gasteiger charge is -2.28. The van der Waals surface area contributed by atoms with Gasteiger partial charge < -0.3 is 10.1 Å². The molecule has 0 fully saturated rings.